The van der Waals surface area contributed by atoms with Gasteiger partial charge < -0.3 is 8.98 Å². The Kier molecular flexibility index (Phi) is 4.88. The number of hydrogen-bond acceptors (Lipinski definition) is 5. The van der Waals surface area contributed by atoms with Crippen LogP contribution in [-0.2, 0) is 12.8 Å². The summed E-state index contributed by atoms with van der Waals surface area (Å²) in [6.07, 6.45) is 0. The van der Waals surface area contributed by atoms with E-state index in [0.29, 0.717) is 11.3 Å². The Morgan fingerprint density at radius 1 is 1.15 bits per heavy atom. The second kappa shape index (κ2) is 7.32. The maximum Gasteiger partial charge on any atom is 0.336 e. The van der Waals surface area contributed by atoms with Crippen molar-refractivity contribution < 1.29 is 4.42 Å². The van der Waals surface area contributed by atoms with Crippen LogP contribution in [0, 0.1) is 6.92 Å². The van der Waals surface area contributed by atoms with Crippen LogP contribution < -0.4 is 5.63 Å². The van der Waals surface area contributed by atoms with Gasteiger partial charge in [-0.3, -0.25) is 0 Å². The van der Waals surface area contributed by atoms with E-state index in [9.17, 15) is 4.79 Å². The number of aryl methyl sites for hydroxylation is 1. The van der Waals surface area contributed by atoms with Crippen LogP contribution in [0.5, 0.6) is 0 Å². The molecule has 0 saturated carbocycles. The smallest absolute Gasteiger partial charge is 0.336 e. The number of fused-ring (bicyclic) bond motifs is 1. The fraction of sp³-hybridized carbons (Fsp3) is 0.150. The van der Waals surface area contributed by atoms with Gasteiger partial charge in [-0.2, -0.15) is 0 Å². The molecule has 2 aromatic carbocycles. The number of halogens is 1. The van der Waals surface area contributed by atoms with Crippen molar-refractivity contribution in [3.8, 4) is 11.4 Å². The molecule has 5 nitrogen and oxygen atoms in total. The first-order valence-electron chi connectivity index (χ1n) is 8.33. The summed E-state index contributed by atoms with van der Waals surface area (Å²) in [7, 11) is 1.96. The van der Waals surface area contributed by atoms with E-state index in [1.54, 1.807) is 17.8 Å². The van der Waals surface area contributed by atoms with Gasteiger partial charge >= 0.3 is 5.63 Å². The minimum Gasteiger partial charge on any atom is -0.423 e. The van der Waals surface area contributed by atoms with Gasteiger partial charge in [-0.15, -0.1) is 10.2 Å². The summed E-state index contributed by atoms with van der Waals surface area (Å²) in [5.41, 5.74) is 3.36. The highest BCUT2D eigenvalue weighted by molar-refractivity contribution is 9.10. The van der Waals surface area contributed by atoms with Gasteiger partial charge in [0.05, 0.1) is 0 Å². The Bertz CT molecular complexity index is 1200. The predicted octanol–water partition coefficient (Wildman–Crippen LogP) is 4.95. The standard InChI is InChI=1S/C20H16BrN3O2S/c1-12-5-3-4-6-15(12)19-22-23-20(24(19)2)27-11-13-9-18(25)26-17-10-14(21)7-8-16(13)17/h3-10H,11H2,1-2H3. The largest absolute Gasteiger partial charge is 0.423 e. The topological polar surface area (TPSA) is 60.9 Å². The van der Waals surface area contributed by atoms with Crippen molar-refractivity contribution in [2.45, 2.75) is 17.8 Å². The Morgan fingerprint density at radius 3 is 2.78 bits per heavy atom. The second-order valence-electron chi connectivity index (χ2n) is 6.20. The van der Waals surface area contributed by atoms with Crippen molar-refractivity contribution >= 4 is 38.7 Å². The van der Waals surface area contributed by atoms with Gasteiger partial charge in [0.15, 0.2) is 11.0 Å². The van der Waals surface area contributed by atoms with Crippen LogP contribution in [-0.4, -0.2) is 14.8 Å². The van der Waals surface area contributed by atoms with Gasteiger partial charge in [0, 0.05) is 34.3 Å². The Labute approximate surface area is 168 Å². The third kappa shape index (κ3) is 3.57. The van der Waals surface area contributed by atoms with Crippen molar-refractivity contribution in [2.75, 3.05) is 0 Å². The maximum atomic E-state index is 11.9. The Balaban J connectivity index is 1.65. The number of nitrogens with zero attached hydrogens (tertiary/aromatic N) is 3. The summed E-state index contributed by atoms with van der Waals surface area (Å²) in [6, 6.07) is 15.4. The Hall–Kier alpha value is -2.38. The lowest BCUT2D eigenvalue weighted by Crippen LogP contribution is -2.01. The van der Waals surface area contributed by atoms with E-state index in [0.717, 1.165) is 37.5 Å². The van der Waals surface area contributed by atoms with Crippen LogP contribution >= 0.6 is 27.7 Å². The zero-order valence-corrected chi connectivity index (χ0v) is 17.2. The molecule has 2 heterocycles. The summed E-state index contributed by atoms with van der Waals surface area (Å²) in [6.45, 7) is 2.06. The molecule has 0 unspecified atom stereocenters. The third-order valence-corrected chi connectivity index (χ3v) is 5.93. The highest BCUT2D eigenvalue weighted by Crippen LogP contribution is 2.29. The monoisotopic (exact) mass is 441 g/mol. The normalized spacial score (nSPS) is 11.2. The van der Waals surface area contributed by atoms with E-state index < -0.39 is 0 Å². The highest BCUT2D eigenvalue weighted by atomic mass is 79.9. The number of rotatable bonds is 4. The predicted molar refractivity (Wildman–Crippen MR) is 111 cm³/mol. The molecule has 136 valence electrons. The number of benzene rings is 2. The van der Waals surface area contributed by atoms with Gasteiger partial charge in [0.2, 0.25) is 0 Å². The maximum absolute atomic E-state index is 11.9. The molecule has 0 bridgehead atoms. The van der Waals surface area contributed by atoms with E-state index in [-0.39, 0.29) is 5.63 Å². The van der Waals surface area contributed by atoms with Crippen molar-refractivity contribution in [2.24, 2.45) is 7.05 Å². The highest BCUT2D eigenvalue weighted by Gasteiger charge is 2.14. The first-order valence-corrected chi connectivity index (χ1v) is 10.1. The quantitative estimate of drug-likeness (QED) is 0.331. The van der Waals surface area contributed by atoms with Crippen LogP contribution in [0.1, 0.15) is 11.1 Å². The first-order chi connectivity index (χ1) is 13.0. The van der Waals surface area contributed by atoms with Gasteiger partial charge in [-0.1, -0.05) is 52.0 Å². The van der Waals surface area contributed by atoms with Crippen LogP contribution in [0.2, 0.25) is 0 Å². The molecule has 4 rings (SSSR count). The van der Waals surface area contributed by atoms with E-state index in [4.69, 9.17) is 4.42 Å². The molecule has 7 heteroatoms. The molecule has 0 radical (unpaired) electrons. The molecule has 0 fully saturated rings. The van der Waals surface area contributed by atoms with Crippen molar-refractivity contribution in [1.82, 2.24) is 14.8 Å². The average molecular weight is 442 g/mol. The lowest BCUT2D eigenvalue weighted by molar-refractivity contribution is 0.559. The summed E-state index contributed by atoms with van der Waals surface area (Å²) in [4.78, 5) is 11.9. The lowest BCUT2D eigenvalue weighted by atomic mass is 10.1. The molecule has 2 aromatic heterocycles. The van der Waals surface area contributed by atoms with Gasteiger partial charge in [0.25, 0.3) is 0 Å². The molecule has 0 atom stereocenters. The fourth-order valence-electron chi connectivity index (χ4n) is 2.96. The van der Waals surface area contributed by atoms with Gasteiger partial charge in [0.1, 0.15) is 5.58 Å². The lowest BCUT2D eigenvalue weighted by Gasteiger charge is -2.07. The summed E-state index contributed by atoms with van der Waals surface area (Å²) >= 11 is 4.95. The van der Waals surface area contributed by atoms with E-state index in [1.165, 1.54) is 0 Å². The Morgan fingerprint density at radius 2 is 1.96 bits per heavy atom. The minimum atomic E-state index is -0.352. The zero-order valence-electron chi connectivity index (χ0n) is 14.8. The second-order valence-corrected chi connectivity index (χ2v) is 8.06. The molecule has 0 saturated heterocycles. The average Bonchev–Trinajstić information content (AvgIpc) is 3.00. The molecule has 0 aliphatic carbocycles. The molecule has 0 amide bonds. The number of hydrogen-bond donors (Lipinski definition) is 0. The molecule has 0 N–H and O–H groups in total. The van der Waals surface area contributed by atoms with E-state index in [1.807, 2.05) is 48.0 Å². The van der Waals surface area contributed by atoms with Crippen molar-refractivity contribution in [1.29, 1.82) is 0 Å². The van der Waals surface area contributed by atoms with E-state index >= 15 is 0 Å². The molecule has 27 heavy (non-hydrogen) atoms. The number of aromatic nitrogens is 3. The van der Waals surface area contributed by atoms with Crippen molar-refractivity contribution in [3.63, 3.8) is 0 Å². The number of thioether (sulfide) groups is 1. The van der Waals surface area contributed by atoms with Gasteiger partial charge in [-0.25, -0.2) is 4.79 Å². The van der Waals surface area contributed by atoms with Crippen molar-refractivity contribution in [3.05, 3.63) is 74.6 Å². The molecule has 4 aromatic rings. The molecule has 0 aliphatic heterocycles. The first kappa shape index (κ1) is 18.0. The summed E-state index contributed by atoms with van der Waals surface area (Å²) in [5, 5.41) is 10.4. The third-order valence-electron chi connectivity index (χ3n) is 4.37. The molecule has 0 aliphatic rings. The van der Waals surface area contributed by atoms with Crippen LogP contribution in [0.15, 0.2) is 67.4 Å². The van der Waals surface area contributed by atoms with Gasteiger partial charge in [-0.05, 0) is 36.2 Å². The molecular weight excluding hydrogens is 426 g/mol. The van der Waals surface area contributed by atoms with Crippen LogP contribution in [0.4, 0.5) is 0 Å². The summed E-state index contributed by atoms with van der Waals surface area (Å²) in [5.74, 6) is 1.43. The minimum absolute atomic E-state index is 0.352. The molecular formula is C20H16BrN3O2S. The molecule has 0 spiro atoms. The zero-order chi connectivity index (χ0) is 19.0. The fourth-order valence-corrected chi connectivity index (χ4v) is 4.21. The van der Waals surface area contributed by atoms with Crippen LogP contribution in [0.3, 0.4) is 0 Å². The summed E-state index contributed by atoms with van der Waals surface area (Å²) < 4.78 is 8.16. The van der Waals surface area contributed by atoms with E-state index in [2.05, 4.69) is 39.1 Å². The SMILES string of the molecule is Cc1ccccc1-c1nnc(SCc2cc(=O)oc3cc(Br)ccc23)n1C. The van der Waals surface area contributed by atoms with Crippen LogP contribution in [0.25, 0.3) is 22.4 Å².